The lowest BCUT2D eigenvalue weighted by Crippen LogP contribution is -2.10. The molecule has 142 valence electrons. The molecule has 2 aromatic rings. The van der Waals surface area contributed by atoms with E-state index in [0.717, 1.165) is 16.7 Å². The second kappa shape index (κ2) is 7.96. The highest BCUT2D eigenvalue weighted by Gasteiger charge is 2.15. The molecular weight excluding hydrogens is 356 g/mol. The number of benzene rings is 2. The number of hydrogen-bond acceptors (Lipinski definition) is 5. The van der Waals surface area contributed by atoms with Crippen LogP contribution >= 0.6 is 0 Å². The molecule has 2 aromatic carbocycles. The van der Waals surface area contributed by atoms with Crippen molar-refractivity contribution >= 4 is 23.6 Å². The lowest BCUT2D eigenvalue weighted by Gasteiger charge is -2.19. The van der Waals surface area contributed by atoms with Crippen LogP contribution in [0, 0.1) is 0 Å². The van der Waals surface area contributed by atoms with Crippen molar-refractivity contribution in [2.75, 3.05) is 6.61 Å². The molecule has 0 atom stereocenters. The van der Waals surface area contributed by atoms with Gasteiger partial charge in [0.2, 0.25) is 0 Å². The zero-order valence-corrected chi connectivity index (χ0v) is 15.8. The SMILES string of the molecule is C=C(C)C(=O)Oc1ccc(C2=Cc3ccc(OC(=O)C(=C)C)cc3OC2)cc1. The van der Waals surface area contributed by atoms with E-state index in [-0.39, 0.29) is 0 Å². The van der Waals surface area contributed by atoms with E-state index in [4.69, 9.17) is 14.2 Å². The van der Waals surface area contributed by atoms with Crippen molar-refractivity contribution in [3.05, 3.63) is 77.9 Å². The first-order chi connectivity index (χ1) is 13.3. The molecule has 0 saturated carbocycles. The Labute approximate surface area is 163 Å². The first kappa shape index (κ1) is 19.2. The summed E-state index contributed by atoms with van der Waals surface area (Å²) < 4.78 is 16.2. The van der Waals surface area contributed by atoms with Crippen LogP contribution in [0.3, 0.4) is 0 Å². The van der Waals surface area contributed by atoms with Crippen LogP contribution in [0.1, 0.15) is 25.0 Å². The molecule has 0 radical (unpaired) electrons. The standard InChI is InChI=1S/C23H20O5/c1-14(2)22(24)27-19-8-5-16(6-9-19)18-11-17-7-10-20(12-21(17)26-13-18)28-23(25)15(3)4/h5-12H,1,3,13H2,2,4H3. The van der Waals surface area contributed by atoms with Gasteiger partial charge in [0.15, 0.2) is 0 Å². The Balaban J connectivity index is 1.76. The highest BCUT2D eigenvalue weighted by molar-refractivity contribution is 5.90. The van der Waals surface area contributed by atoms with Crippen molar-refractivity contribution in [2.45, 2.75) is 13.8 Å². The second-order valence-corrected chi connectivity index (χ2v) is 6.52. The predicted octanol–water partition coefficient (Wildman–Crippen LogP) is 4.58. The van der Waals surface area contributed by atoms with Gasteiger partial charge in [-0.15, -0.1) is 0 Å². The summed E-state index contributed by atoms with van der Waals surface area (Å²) in [5.41, 5.74) is 3.50. The molecule has 0 aromatic heterocycles. The number of esters is 2. The Morgan fingerprint density at radius 3 is 2.07 bits per heavy atom. The zero-order valence-electron chi connectivity index (χ0n) is 15.8. The predicted molar refractivity (Wildman–Crippen MR) is 107 cm³/mol. The Hall–Kier alpha value is -3.60. The monoisotopic (exact) mass is 376 g/mol. The van der Waals surface area contributed by atoms with Gasteiger partial charge < -0.3 is 14.2 Å². The molecule has 0 spiro atoms. The zero-order chi connectivity index (χ0) is 20.3. The average molecular weight is 376 g/mol. The molecule has 0 bridgehead atoms. The third-order valence-electron chi connectivity index (χ3n) is 4.04. The molecule has 0 unspecified atom stereocenters. The van der Waals surface area contributed by atoms with E-state index in [1.807, 2.05) is 24.3 Å². The fourth-order valence-electron chi connectivity index (χ4n) is 2.50. The van der Waals surface area contributed by atoms with E-state index in [1.54, 1.807) is 38.1 Å². The van der Waals surface area contributed by atoms with E-state index < -0.39 is 11.9 Å². The molecule has 1 aliphatic rings. The number of ether oxygens (including phenoxy) is 3. The minimum absolute atomic E-state index is 0.332. The summed E-state index contributed by atoms with van der Waals surface area (Å²) in [6.07, 6.45) is 2.01. The van der Waals surface area contributed by atoms with E-state index in [0.29, 0.717) is 35.0 Å². The third-order valence-corrected chi connectivity index (χ3v) is 4.04. The molecule has 0 saturated heterocycles. The highest BCUT2D eigenvalue weighted by atomic mass is 16.5. The normalized spacial score (nSPS) is 12.1. The largest absolute Gasteiger partial charge is 0.488 e. The van der Waals surface area contributed by atoms with E-state index >= 15 is 0 Å². The van der Waals surface area contributed by atoms with E-state index in [2.05, 4.69) is 13.2 Å². The quantitative estimate of drug-likeness (QED) is 0.434. The number of fused-ring (bicyclic) bond motifs is 1. The Kier molecular flexibility index (Phi) is 5.45. The lowest BCUT2D eigenvalue weighted by atomic mass is 10.0. The summed E-state index contributed by atoms with van der Waals surface area (Å²) in [4.78, 5) is 23.2. The minimum Gasteiger partial charge on any atom is -0.488 e. The highest BCUT2D eigenvalue weighted by Crippen LogP contribution is 2.34. The van der Waals surface area contributed by atoms with Gasteiger partial charge in [0.1, 0.15) is 23.9 Å². The lowest BCUT2D eigenvalue weighted by molar-refractivity contribution is -0.130. The second-order valence-electron chi connectivity index (χ2n) is 6.52. The fourth-order valence-corrected chi connectivity index (χ4v) is 2.50. The topological polar surface area (TPSA) is 61.8 Å². The van der Waals surface area contributed by atoms with Crippen LogP contribution in [-0.2, 0) is 9.59 Å². The molecule has 1 aliphatic heterocycles. The molecule has 28 heavy (non-hydrogen) atoms. The molecule has 3 rings (SSSR count). The van der Waals surface area contributed by atoms with Gasteiger partial charge in [0, 0.05) is 22.8 Å². The first-order valence-electron chi connectivity index (χ1n) is 8.66. The number of hydrogen-bond donors (Lipinski definition) is 0. The molecule has 0 N–H and O–H groups in total. The van der Waals surface area contributed by atoms with Gasteiger partial charge in [-0.05, 0) is 55.3 Å². The van der Waals surface area contributed by atoms with Gasteiger partial charge in [0.25, 0.3) is 0 Å². The van der Waals surface area contributed by atoms with Crippen LogP contribution in [0.25, 0.3) is 11.6 Å². The van der Waals surface area contributed by atoms with Gasteiger partial charge in [-0.1, -0.05) is 25.3 Å². The maximum Gasteiger partial charge on any atom is 0.338 e. The van der Waals surface area contributed by atoms with Gasteiger partial charge in [0.05, 0.1) is 0 Å². The molecule has 1 heterocycles. The van der Waals surface area contributed by atoms with Gasteiger partial charge in [-0.2, -0.15) is 0 Å². The number of carbonyl (C=O) groups is 2. The van der Waals surface area contributed by atoms with Crippen LogP contribution in [0.15, 0.2) is 66.8 Å². The van der Waals surface area contributed by atoms with Crippen LogP contribution in [0.5, 0.6) is 17.2 Å². The molecule has 0 fully saturated rings. The van der Waals surface area contributed by atoms with Crippen molar-refractivity contribution in [3.8, 4) is 17.2 Å². The summed E-state index contributed by atoms with van der Waals surface area (Å²) in [7, 11) is 0. The van der Waals surface area contributed by atoms with E-state index in [9.17, 15) is 9.59 Å². The van der Waals surface area contributed by atoms with Crippen molar-refractivity contribution in [2.24, 2.45) is 0 Å². The van der Waals surface area contributed by atoms with Gasteiger partial charge in [-0.3, -0.25) is 0 Å². The summed E-state index contributed by atoms with van der Waals surface area (Å²) >= 11 is 0. The van der Waals surface area contributed by atoms with Crippen molar-refractivity contribution in [1.82, 2.24) is 0 Å². The number of carbonyl (C=O) groups excluding carboxylic acids is 2. The Morgan fingerprint density at radius 1 is 0.893 bits per heavy atom. The smallest absolute Gasteiger partial charge is 0.338 e. The Morgan fingerprint density at radius 2 is 1.46 bits per heavy atom. The first-order valence-corrected chi connectivity index (χ1v) is 8.66. The van der Waals surface area contributed by atoms with Crippen LogP contribution in [0.2, 0.25) is 0 Å². The Bertz CT molecular complexity index is 996. The maximum atomic E-state index is 11.6. The van der Waals surface area contributed by atoms with Crippen molar-refractivity contribution < 1.29 is 23.8 Å². The summed E-state index contributed by atoms with van der Waals surface area (Å²) in [5.74, 6) is 0.581. The summed E-state index contributed by atoms with van der Waals surface area (Å²) in [6.45, 7) is 10.7. The summed E-state index contributed by atoms with van der Waals surface area (Å²) in [5, 5.41) is 0. The third kappa shape index (κ3) is 4.38. The van der Waals surface area contributed by atoms with Gasteiger partial charge in [-0.25, -0.2) is 9.59 Å². The van der Waals surface area contributed by atoms with Crippen LogP contribution in [0.4, 0.5) is 0 Å². The molecular formula is C23H20O5. The van der Waals surface area contributed by atoms with E-state index in [1.165, 1.54) is 0 Å². The minimum atomic E-state index is -0.473. The van der Waals surface area contributed by atoms with Crippen LogP contribution in [-0.4, -0.2) is 18.5 Å². The summed E-state index contributed by atoms with van der Waals surface area (Å²) in [6, 6.07) is 12.4. The fraction of sp³-hybridized carbons (Fsp3) is 0.130. The number of rotatable bonds is 5. The molecule has 0 aliphatic carbocycles. The van der Waals surface area contributed by atoms with Crippen molar-refractivity contribution in [1.29, 1.82) is 0 Å². The van der Waals surface area contributed by atoms with Gasteiger partial charge >= 0.3 is 11.9 Å². The average Bonchev–Trinajstić information content (AvgIpc) is 2.68. The molecule has 5 nitrogen and oxygen atoms in total. The van der Waals surface area contributed by atoms with Crippen LogP contribution < -0.4 is 14.2 Å². The molecule has 5 heteroatoms. The van der Waals surface area contributed by atoms with Crippen molar-refractivity contribution in [3.63, 3.8) is 0 Å². The molecule has 0 amide bonds. The maximum absolute atomic E-state index is 11.6.